The lowest BCUT2D eigenvalue weighted by Crippen LogP contribution is -2.61. The van der Waals surface area contributed by atoms with Gasteiger partial charge in [0, 0.05) is 18.9 Å². The fourth-order valence-electron chi connectivity index (χ4n) is 4.45. The first-order valence-corrected chi connectivity index (χ1v) is 12.0. The molecule has 2 saturated heterocycles. The maximum absolute atomic E-state index is 12.4. The normalized spacial score (nSPS) is 36.7. The van der Waals surface area contributed by atoms with Gasteiger partial charge in [-0.3, -0.25) is 4.79 Å². The van der Waals surface area contributed by atoms with Crippen molar-refractivity contribution >= 4 is 29.5 Å². The van der Waals surface area contributed by atoms with Crippen LogP contribution in [0.3, 0.4) is 0 Å². The molecule has 2 heterocycles. The van der Waals surface area contributed by atoms with Gasteiger partial charge in [-0.1, -0.05) is 6.92 Å². The number of esters is 3. The van der Waals surface area contributed by atoms with Crippen LogP contribution in [0.1, 0.15) is 13.3 Å². The number of methoxy groups -OCH3 is 3. The van der Waals surface area contributed by atoms with E-state index in [1.807, 2.05) is 0 Å². The van der Waals surface area contributed by atoms with E-state index in [0.29, 0.717) is 6.42 Å². The van der Waals surface area contributed by atoms with Crippen LogP contribution in [-0.2, 0) is 47.5 Å². The minimum atomic E-state index is -1.44. The van der Waals surface area contributed by atoms with E-state index in [-0.39, 0.29) is 19.8 Å². The molecule has 0 aromatic rings. The van der Waals surface area contributed by atoms with Crippen molar-refractivity contribution in [3.63, 3.8) is 0 Å². The largest absolute Gasteiger partial charge is 0.467 e. The number of rotatable bonds is 11. The van der Waals surface area contributed by atoms with E-state index < -0.39 is 84.5 Å². The molecule has 0 saturated carbocycles. The van der Waals surface area contributed by atoms with Crippen molar-refractivity contribution in [2.45, 2.75) is 62.2 Å². The van der Waals surface area contributed by atoms with E-state index >= 15 is 0 Å². The van der Waals surface area contributed by atoms with E-state index in [1.165, 1.54) is 14.2 Å². The number of aliphatic hydroxyl groups excluding tert-OH is 3. The summed E-state index contributed by atoms with van der Waals surface area (Å²) < 4.78 is 36.9. The Bertz CT molecular complexity index is 737. The highest BCUT2D eigenvalue weighted by molar-refractivity contribution is 6.26. The molecule has 2 rings (SSSR count). The Kier molecular flexibility index (Phi) is 12.2. The first-order valence-electron chi connectivity index (χ1n) is 11.5. The number of hydrogen-bond donors (Lipinski definition) is 3. The number of aliphatic hydroxyl groups is 3. The van der Waals surface area contributed by atoms with Gasteiger partial charge in [0.1, 0.15) is 30.3 Å². The van der Waals surface area contributed by atoms with Gasteiger partial charge in [0.2, 0.25) is 0 Å². The van der Waals surface area contributed by atoms with E-state index in [0.717, 1.165) is 7.11 Å². The highest BCUT2D eigenvalue weighted by Gasteiger charge is 2.51. The summed E-state index contributed by atoms with van der Waals surface area (Å²) in [5.74, 6) is -4.53. The summed E-state index contributed by atoms with van der Waals surface area (Å²) in [6, 6.07) is 0. The molecule has 2 aliphatic heterocycles. The lowest BCUT2D eigenvalue weighted by atomic mass is 9.84. The van der Waals surface area contributed by atoms with Crippen molar-refractivity contribution in [2.24, 2.45) is 11.8 Å². The molecule has 0 radical (unpaired) electrons. The van der Waals surface area contributed by atoms with Crippen LogP contribution in [0.25, 0.3) is 0 Å². The molecule has 10 atom stereocenters. The Morgan fingerprint density at radius 1 is 0.806 bits per heavy atom. The molecule has 0 bridgehead atoms. The van der Waals surface area contributed by atoms with Gasteiger partial charge in [0.25, 0.3) is 0 Å². The van der Waals surface area contributed by atoms with Gasteiger partial charge in [0.05, 0.1) is 40.1 Å². The average Bonchev–Trinajstić information content (AvgIpc) is 2.88. The predicted octanol–water partition coefficient (Wildman–Crippen LogP) is -1.59. The number of ether oxygens (including phenoxy) is 7. The number of alkyl halides is 1. The van der Waals surface area contributed by atoms with Crippen LogP contribution in [0, 0.1) is 11.8 Å². The van der Waals surface area contributed by atoms with E-state index in [9.17, 15) is 29.7 Å². The minimum absolute atomic E-state index is 0.105. The standard InChI is InChI=1S/C22H35ClO13/c1-5-10-15(25)17(27)12(34-18(10)21(28)31-3)9-33-7-11-16(26)20(36-14(24)6-23)13(8-30-2)35-19(11)22(29)32-4/h10-13,15-20,25-27H,5-9H2,1-4H3/t10-,11+,12+,13-,15+,16+,17?,18?,19?,20?/m1/s1. The lowest BCUT2D eigenvalue weighted by molar-refractivity contribution is -0.242. The molecule has 3 N–H and O–H groups in total. The van der Waals surface area contributed by atoms with E-state index in [2.05, 4.69) is 0 Å². The van der Waals surface area contributed by atoms with Crippen LogP contribution in [0.5, 0.6) is 0 Å². The molecular formula is C22H35ClO13. The first kappa shape index (κ1) is 30.6. The van der Waals surface area contributed by atoms with Crippen LogP contribution in [0.15, 0.2) is 0 Å². The fourth-order valence-corrected chi connectivity index (χ4v) is 4.51. The van der Waals surface area contributed by atoms with Crippen LogP contribution < -0.4 is 0 Å². The van der Waals surface area contributed by atoms with Gasteiger partial charge in [-0.05, 0) is 6.42 Å². The lowest BCUT2D eigenvalue weighted by Gasteiger charge is -2.43. The van der Waals surface area contributed by atoms with Crippen LogP contribution >= 0.6 is 11.6 Å². The summed E-state index contributed by atoms with van der Waals surface area (Å²) in [5, 5.41) is 32.0. The SMILES string of the molecule is CC[C@H]1C(C(=O)OC)O[C@@H](COC[C@@H]2C(C(=O)OC)O[C@H](COC)C(OC(=O)CCl)[C@H]2O)C(O)[C@H]1O. The molecule has 208 valence electrons. The highest BCUT2D eigenvalue weighted by atomic mass is 35.5. The Morgan fingerprint density at radius 3 is 1.92 bits per heavy atom. The van der Waals surface area contributed by atoms with Crippen molar-refractivity contribution in [1.82, 2.24) is 0 Å². The Labute approximate surface area is 213 Å². The van der Waals surface area contributed by atoms with Crippen LogP contribution in [0.2, 0.25) is 0 Å². The van der Waals surface area contributed by atoms with Crippen molar-refractivity contribution in [1.29, 1.82) is 0 Å². The first-order chi connectivity index (χ1) is 17.1. The van der Waals surface area contributed by atoms with Gasteiger partial charge in [-0.2, -0.15) is 0 Å². The molecule has 2 fully saturated rings. The summed E-state index contributed by atoms with van der Waals surface area (Å²) in [4.78, 5) is 36.4. The number of carbonyl (C=O) groups excluding carboxylic acids is 3. The third-order valence-corrected chi connectivity index (χ3v) is 6.59. The molecule has 2 aliphatic rings. The zero-order chi connectivity index (χ0) is 27.0. The third-order valence-electron chi connectivity index (χ3n) is 6.37. The van der Waals surface area contributed by atoms with Gasteiger partial charge in [0.15, 0.2) is 18.3 Å². The number of hydrogen-bond acceptors (Lipinski definition) is 13. The molecule has 36 heavy (non-hydrogen) atoms. The zero-order valence-electron chi connectivity index (χ0n) is 20.6. The smallest absolute Gasteiger partial charge is 0.335 e. The highest BCUT2D eigenvalue weighted by Crippen LogP contribution is 2.32. The monoisotopic (exact) mass is 542 g/mol. The van der Waals surface area contributed by atoms with Gasteiger partial charge in [-0.25, -0.2) is 9.59 Å². The zero-order valence-corrected chi connectivity index (χ0v) is 21.4. The van der Waals surface area contributed by atoms with Gasteiger partial charge in [-0.15, -0.1) is 11.6 Å². The number of halogens is 1. The molecule has 0 aliphatic carbocycles. The fraction of sp³-hybridized carbons (Fsp3) is 0.864. The maximum Gasteiger partial charge on any atom is 0.335 e. The summed E-state index contributed by atoms with van der Waals surface area (Å²) in [6.45, 7) is 0.996. The van der Waals surface area contributed by atoms with Gasteiger partial charge >= 0.3 is 17.9 Å². The van der Waals surface area contributed by atoms with E-state index in [1.54, 1.807) is 6.92 Å². The Balaban J connectivity index is 2.16. The average molecular weight is 543 g/mol. The quantitative estimate of drug-likeness (QED) is 0.155. The Morgan fingerprint density at radius 2 is 1.39 bits per heavy atom. The van der Waals surface area contributed by atoms with Crippen LogP contribution in [-0.4, -0.2) is 129 Å². The van der Waals surface area contributed by atoms with Crippen molar-refractivity contribution in [2.75, 3.05) is 47.0 Å². The summed E-state index contributed by atoms with van der Waals surface area (Å²) >= 11 is 5.52. The van der Waals surface area contributed by atoms with Crippen molar-refractivity contribution < 1.29 is 62.9 Å². The molecule has 13 nitrogen and oxygen atoms in total. The van der Waals surface area contributed by atoms with Crippen molar-refractivity contribution in [3.05, 3.63) is 0 Å². The van der Waals surface area contributed by atoms with Crippen LogP contribution in [0.4, 0.5) is 0 Å². The second-order valence-corrected chi connectivity index (χ2v) is 8.79. The number of carbonyl (C=O) groups is 3. The maximum atomic E-state index is 12.4. The topological polar surface area (TPSA) is 177 Å². The molecule has 4 unspecified atom stereocenters. The predicted molar refractivity (Wildman–Crippen MR) is 120 cm³/mol. The molecule has 0 amide bonds. The molecule has 0 aromatic heterocycles. The van der Waals surface area contributed by atoms with E-state index in [4.69, 9.17) is 44.8 Å². The second-order valence-electron chi connectivity index (χ2n) is 8.53. The molecule has 0 spiro atoms. The summed E-state index contributed by atoms with van der Waals surface area (Å²) in [6.07, 6.45) is -9.49. The molecule has 0 aromatic carbocycles. The molecular weight excluding hydrogens is 508 g/mol. The van der Waals surface area contributed by atoms with Gasteiger partial charge < -0.3 is 48.5 Å². The minimum Gasteiger partial charge on any atom is -0.467 e. The summed E-state index contributed by atoms with van der Waals surface area (Å²) in [7, 11) is 3.70. The third kappa shape index (κ3) is 7.04. The second kappa shape index (κ2) is 14.4. The molecule has 14 heteroatoms. The summed E-state index contributed by atoms with van der Waals surface area (Å²) in [5.41, 5.74) is 0. The Hall–Kier alpha value is -1.58. The van der Waals surface area contributed by atoms with Crippen molar-refractivity contribution in [3.8, 4) is 0 Å².